The molecule has 3 aromatic carbocycles. The lowest BCUT2D eigenvalue weighted by atomic mass is 9.97. The van der Waals surface area contributed by atoms with Crippen molar-refractivity contribution in [2.24, 2.45) is 0 Å². The summed E-state index contributed by atoms with van der Waals surface area (Å²) in [5.74, 6) is 2.02. The van der Waals surface area contributed by atoms with Crippen LogP contribution in [0.25, 0.3) is 11.0 Å². The third-order valence-corrected chi connectivity index (χ3v) is 8.00. The Morgan fingerprint density at radius 1 is 0.905 bits per heavy atom. The number of hydrogen-bond acceptors (Lipinski definition) is 7. The number of methoxy groups -OCH3 is 3. The normalized spacial score (nSPS) is 14.3. The number of carbonyl (C=O) groups excluding carboxylic acids is 1. The molecular formula is C33H34ClNO7. The molecule has 0 saturated carbocycles. The second-order valence-corrected chi connectivity index (χ2v) is 10.6. The lowest BCUT2D eigenvalue weighted by Gasteiger charge is -2.26. The van der Waals surface area contributed by atoms with Gasteiger partial charge in [0.25, 0.3) is 5.91 Å². The van der Waals surface area contributed by atoms with Gasteiger partial charge < -0.3 is 28.3 Å². The van der Waals surface area contributed by atoms with Crippen molar-refractivity contribution >= 4 is 28.5 Å². The number of benzene rings is 3. The zero-order chi connectivity index (χ0) is 30.0. The molecule has 4 aromatic rings. The van der Waals surface area contributed by atoms with Gasteiger partial charge in [0.15, 0.2) is 28.4 Å². The Bertz CT molecular complexity index is 1700. The molecular weight excluding hydrogens is 558 g/mol. The summed E-state index contributed by atoms with van der Waals surface area (Å²) >= 11 is 6.39. The zero-order valence-corrected chi connectivity index (χ0v) is 25.2. The predicted molar refractivity (Wildman–Crippen MR) is 162 cm³/mol. The molecule has 0 bridgehead atoms. The van der Waals surface area contributed by atoms with Gasteiger partial charge in [0.05, 0.1) is 44.9 Å². The van der Waals surface area contributed by atoms with Crippen molar-refractivity contribution in [3.05, 3.63) is 91.8 Å². The van der Waals surface area contributed by atoms with Crippen molar-refractivity contribution in [1.82, 2.24) is 4.90 Å². The van der Waals surface area contributed by atoms with Crippen molar-refractivity contribution in [2.75, 3.05) is 34.5 Å². The van der Waals surface area contributed by atoms with Crippen molar-refractivity contribution in [2.45, 2.75) is 39.2 Å². The van der Waals surface area contributed by atoms with Gasteiger partial charge in [-0.05, 0) is 72.9 Å². The first-order valence-corrected chi connectivity index (χ1v) is 14.3. The quantitative estimate of drug-likeness (QED) is 0.178. The topological polar surface area (TPSA) is 87.4 Å². The number of amides is 1. The summed E-state index contributed by atoms with van der Waals surface area (Å²) in [5.41, 5.74) is 2.72. The van der Waals surface area contributed by atoms with Gasteiger partial charge in [-0.15, -0.1) is 0 Å². The summed E-state index contributed by atoms with van der Waals surface area (Å²) < 4.78 is 28.6. The summed E-state index contributed by atoms with van der Waals surface area (Å²) in [6, 6.07) is 13.8. The second-order valence-electron chi connectivity index (χ2n) is 10.2. The Kier molecular flexibility index (Phi) is 8.64. The first-order chi connectivity index (χ1) is 20.3. The highest BCUT2D eigenvalue weighted by atomic mass is 35.5. The lowest BCUT2D eigenvalue weighted by molar-refractivity contribution is 0.0730. The third-order valence-electron chi connectivity index (χ3n) is 7.60. The maximum Gasteiger partial charge on any atom is 0.290 e. The molecule has 1 atom stereocenters. The monoisotopic (exact) mass is 591 g/mol. The zero-order valence-electron chi connectivity index (χ0n) is 24.4. The number of halogens is 1. The molecule has 0 fully saturated rings. The average Bonchev–Trinajstić information content (AvgIpc) is 3.28. The molecule has 5 rings (SSSR count). The molecule has 1 aliphatic rings. The van der Waals surface area contributed by atoms with Crippen LogP contribution in [-0.2, 0) is 6.42 Å². The predicted octanol–water partition coefficient (Wildman–Crippen LogP) is 6.75. The average molecular weight is 592 g/mol. The molecule has 1 amide bonds. The van der Waals surface area contributed by atoms with E-state index in [0.29, 0.717) is 64.1 Å². The highest BCUT2D eigenvalue weighted by molar-refractivity contribution is 6.32. The van der Waals surface area contributed by atoms with E-state index in [0.717, 1.165) is 24.0 Å². The smallest absolute Gasteiger partial charge is 0.290 e. The molecule has 1 unspecified atom stereocenters. The lowest BCUT2D eigenvalue weighted by Crippen LogP contribution is -2.31. The van der Waals surface area contributed by atoms with Gasteiger partial charge >= 0.3 is 0 Å². The van der Waals surface area contributed by atoms with Crippen molar-refractivity contribution in [1.29, 1.82) is 0 Å². The molecule has 0 N–H and O–H groups in total. The SMILES string of the molecule is CCCCOc1ccc(C2c3c(oc4cc(C)c(Cl)cc4c3=O)C(=O)N2CCc2ccc(OC)c(OC)c2)cc1OC. The van der Waals surface area contributed by atoms with Crippen LogP contribution in [0, 0.1) is 6.92 Å². The van der Waals surface area contributed by atoms with E-state index in [1.807, 2.05) is 43.3 Å². The van der Waals surface area contributed by atoms with Crippen LogP contribution < -0.4 is 24.4 Å². The van der Waals surface area contributed by atoms with E-state index in [1.165, 1.54) is 0 Å². The maximum absolute atomic E-state index is 14.0. The minimum Gasteiger partial charge on any atom is -0.493 e. The standard InChI is InChI=1S/C33H34ClNO7/c1-6-7-14-41-25-11-9-21(17-28(25)40-5)30-29-31(36)22-18-23(34)19(2)15-26(22)42-32(29)33(37)35(30)13-12-20-8-10-24(38-3)27(16-20)39-4/h8-11,15-18,30H,6-7,12-14H2,1-5H3. The van der Waals surface area contributed by atoms with Crippen LogP contribution in [0.15, 0.2) is 57.7 Å². The molecule has 1 aliphatic heterocycles. The van der Waals surface area contributed by atoms with Gasteiger partial charge in [0, 0.05) is 11.6 Å². The van der Waals surface area contributed by atoms with Gasteiger partial charge in [-0.3, -0.25) is 9.59 Å². The second kappa shape index (κ2) is 12.4. The molecule has 0 saturated heterocycles. The summed E-state index contributed by atoms with van der Waals surface area (Å²) in [6.45, 7) is 4.80. The van der Waals surface area contributed by atoms with Crippen molar-refractivity contribution in [3.63, 3.8) is 0 Å². The minimum absolute atomic E-state index is 0.0359. The first kappa shape index (κ1) is 29.3. The number of hydrogen-bond donors (Lipinski definition) is 0. The Morgan fingerprint density at radius 3 is 2.33 bits per heavy atom. The number of rotatable bonds is 11. The number of carbonyl (C=O) groups is 1. The Hall–Kier alpha value is -4.17. The fraction of sp³-hybridized carbons (Fsp3) is 0.333. The fourth-order valence-corrected chi connectivity index (χ4v) is 5.47. The maximum atomic E-state index is 14.0. The molecule has 0 aliphatic carbocycles. The number of fused-ring (bicyclic) bond motifs is 2. The van der Waals surface area contributed by atoms with Crippen LogP contribution in [0.5, 0.6) is 23.0 Å². The fourth-order valence-electron chi connectivity index (χ4n) is 5.30. The molecule has 0 spiro atoms. The van der Waals surface area contributed by atoms with Gasteiger partial charge in [0.1, 0.15) is 5.58 Å². The van der Waals surface area contributed by atoms with Gasteiger partial charge in [-0.2, -0.15) is 0 Å². The first-order valence-electron chi connectivity index (χ1n) is 13.9. The number of unbranched alkanes of at least 4 members (excludes halogenated alkanes) is 1. The van der Waals surface area contributed by atoms with Crippen LogP contribution in [-0.4, -0.2) is 45.3 Å². The highest BCUT2D eigenvalue weighted by Crippen LogP contribution is 2.41. The van der Waals surface area contributed by atoms with Crippen LogP contribution >= 0.6 is 11.6 Å². The minimum atomic E-state index is -0.702. The largest absolute Gasteiger partial charge is 0.493 e. The molecule has 0 radical (unpaired) electrons. The van der Waals surface area contributed by atoms with E-state index in [1.54, 1.807) is 38.4 Å². The molecule has 220 valence electrons. The summed E-state index contributed by atoms with van der Waals surface area (Å²) in [7, 11) is 4.73. The number of ether oxygens (including phenoxy) is 4. The number of nitrogens with zero attached hydrogens (tertiary/aromatic N) is 1. The molecule has 9 heteroatoms. The van der Waals surface area contributed by atoms with Crippen LogP contribution in [0.2, 0.25) is 5.02 Å². The van der Waals surface area contributed by atoms with E-state index in [-0.39, 0.29) is 22.7 Å². The van der Waals surface area contributed by atoms with Gasteiger partial charge in [-0.25, -0.2) is 0 Å². The van der Waals surface area contributed by atoms with Crippen molar-refractivity contribution in [3.8, 4) is 23.0 Å². The van der Waals surface area contributed by atoms with E-state index in [2.05, 4.69) is 6.92 Å². The Labute approximate surface area is 249 Å². The summed E-state index contributed by atoms with van der Waals surface area (Å²) in [5, 5.41) is 0.784. The summed E-state index contributed by atoms with van der Waals surface area (Å²) in [4.78, 5) is 29.6. The van der Waals surface area contributed by atoms with E-state index in [9.17, 15) is 9.59 Å². The summed E-state index contributed by atoms with van der Waals surface area (Å²) in [6.07, 6.45) is 2.42. The van der Waals surface area contributed by atoms with Gasteiger partial charge in [-0.1, -0.05) is 37.1 Å². The number of aryl methyl sites for hydroxylation is 1. The molecule has 8 nitrogen and oxygen atoms in total. The third kappa shape index (κ3) is 5.39. The molecule has 2 heterocycles. The van der Waals surface area contributed by atoms with E-state index < -0.39 is 6.04 Å². The van der Waals surface area contributed by atoms with Crippen LogP contribution in [0.3, 0.4) is 0 Å². The van der Waals surface area contributed by atoms with Crippen LogP contribution in [0.4, 0.5) is 0 Å². The Morgan fingerprint density at radius 2 is 1.62 bits per heavy atom. The Balaban J connectivity index is 1.60. The van der Waals surface area contributed by atoms with Gasteiger partial charge in [0.2, 0.25) is 5.76 Å². The molecule has 42 heavy (non-hydrogen) atoms. The molecule has 1 aromatic heterocycles. The van der Waals surface area contributed by atoms with Crippen LogP contribution in [0.1, 0.15) is 58.6 Å². The van der Waals surface area contributed by atoms with E-state index in [4.69, 9.17) is 35.0 Å². The van der Waals surface area contributed by atoms with E-state index >= 15 is 0 Å². The highest BCUT2D eigenvalue weighted by Gasteiger charge is 2.43. The van der Waals surface area contributed by atoms with Crippen molar-refractivity contribution < 1.29 is 28.2 Å².